The quantitative estimate of drug-likeness (QED) is 0.837. The van der Waals surface area contributed by atoms with Gasteiger partial charge in [-0.15, -0.1) is 11.3 Å². The van der Waals surface area contributed by atoms with Crippen LogP contribution in [0.4, 0.5) is 15.2 Å². The van der Waals surface area contributed by atoms with E-state index >= 15 is 0 Å². The van der Waals surface area contributed by atoms with E-state index in [-0.39, 0.29) is 10.8 Å². The molecular formula is C11H9FN4O2S2. The van der Waals surface area contributed by atoms with E-state index in [1.165, 1.54) is 12.1 Å². The standard InChI is InChI=1S/C11H9FN4O2S2/c12-7-1-2-8(9(14)5-7)10-6-19-11(15-10)16-20(17,18)4-3-13/h1-2,5-6H,4,14H2,(H,15,16). The number of nitrogens with zero attached hydrogens (tertiary/aromatic N) is 2. The second-order valence-corrected chi connectivity index (χ2v) is 6.37. The molecule has 0 bridgehead atoms. The van der Waals surface area contributed by atoms with Gasteiger partial charge >= 0.3 is 0 Å². The van der Waals surface area contributed by atoms with Crippen LogP contribution in [-0.2, 0) is 10.0 Å². The van der Waals surface area contributed by atoms with Gasteiger partial charge in [0.2, 0.25) is 10.0 Å². The third-order valence-corrected chi connectivity index (χ3v) is 4.19. The Morgan fingerprint density at radius 2 is 2.25 bits per heavy atom. The Balaban J connectivity index is 2.28. The van der Waals surface area contributed by atoms with Gasteiger partial charge in [-0.3, -0.25) is 4.72 Å². The molecule has 2 rings (SSSR count). The van der Waals surface area contributed by atoms with Crippen LogP contribution in [0.15, 0.2) is 23.6 Å². The fourth-order valence-corrected chi connectivity index (χ4v) is 3.15. The molecule has 3 N–H and O–H groups in total. The maximum absolute atomic E-state index is 13.0. The first-order chi connectivity index (χ1) is 9.41. The number of sulfonamides is 1. The first-order valence-corrected chi connectivity index (χ1v) is 7.83. The zero-order chi connectivity index (χ0) is 14.8. The van der Waals surface area contributed by atoms with Crippen molar-refractivity contribution in [3.8, 4) is 17.3 Å². The third kappa shape index (κ3) is 3.23. The minimum atomic E-state index is -3.72. The van der Waals surface area contributed by atoms with Gasteiger partial charge in [-0.2, -0.15) is 5.26 Å². The molecule has 0 radical (unpaired) electrons. The summed E-state index contributed by atoms with van der Waals surface area (Å²) in [6, 6.07) is 5.41. The second-order valence-electron chi connectivity index (χ2n) is 3.79. The van der Waals surface area contributed by atoms with Crippen LogP contribution in [0, 0.1) is 17.1 Å². The molecule has 0 saturated heterocycles. The monoisotopic (exact) mass is 312 g/mol. The number of rotatable bonds is 4. The molecule has 9 heteroatoms. The molecule has 104 valence electrons. The molecule has 0 atom stereocenters. The normalized spacial score (nSPS) is 11.0. The predicted molar refractivity (Wildman–Crippen MR) is 74.9 cm³/mol. The SMILES string of the molecule is N#CCS(=O)(=O)Nc1nc(-c2ccc(F)cc2N)cs1. The largest absolute Gasteiger partial charge is 0.398 e. The molecule has 2 aromatic rings. The highest BCUT2D eigenvalue weighted by Crippen LogP contribution is 2.29. The summed E-state index contributed by atoms with van der Waals surface area (Å²) in [6.07, 6.45) is 0. The topological polar surface area (TPSA) is 109 Å². The Morgan fingerprint density at radius 3 is 2.90 bits per heavy atom. The van der Waals surface area contributed by atoms with E-state index in [9.17, 15) is 12.8 Å². The number of aromatic nitrogens is 1. The van der Waals surface area contributed by atoms with Crippen LogP contribution in [-0.4, -0.2) is 19.2 Å². The maximum Gasteiger partial charge on any atom is 0.247 e. The lowest BCUT2D eigenvalue weighted by molar-refractivity contribution is 0.604. The van der Waals surface area contributed by atoms with Crippen molar-refractivity contribution < 1.29 is 12.8 Å². The number of halogens is 1. The number of benzene rings is 1. The summed E-state index contributed by atoms with van der Waals surface area (Å²) in [5, 5.41) is 10.1. The van der Waals surface area contributed by atoms with Crippen LogP contribution < -0.4 is 10.5 Å². The Bertz CT molecular complexity index is 780. The molecule has 0 spiro atoms. The summed E-state index contributed by atoms with van der Waals surface area (Å²) in [5.41, 5.74) is 6.83. The van der Waals surface area contributed by atoms with Crippen molar-refractivity contribution >= 4 is 32.2 Å². The van der Waals surface area contributed by atoms with Crippen molar-refractivity contribution in [1.82, 2.24) is 4.98 Å². The van der Waals surface area contributed by atoms with Gasteiger partial charge in [0.25, 0.3) is 0 Å². The van der Waals surface area contributed by atoms with Crippen molar-refractivity contribution in [2.75, 3.05) is 16.2 Å². The molecular weight excluding hydrogens is 303 g/mol. The van der Waals surface area contributed by atoms with Crippen molar-refractivity contribution in [2.45, 2.75) is 0 Å². The van der Waals surface area contributed by atoms with Crippen LogP contribution >= 0.6 is 11.3 Å². The lowest BCUT2D eigenvalue weighted by Crippen LogP contribution is -2.15. The molecule has 0 amide bonds. The molecule has 0 aliphatic carbocycles. The van der Waals surface area contributed by atoms with Gasteiger partial charge in [0, 0.05) is 16.6 Å². The van der Waals surface area contributed by atoms with Gasteiger partial charge in [0.05, 0.1) is 11.8 Å². The molecule has 1 aromatic heterocycles. The van der Waals surface area contributed by atoms with E-state index in [1.54, 1.807) is 11.4 Å². The van der Waals surface area contributed by atoms with E-state index in [4.69, 9.17) is 11.0 Å². The van der Waals surface area contributed by atoms with Gasteiger partial charge in [-0.25, -0.2) is 17.8 Å². The molecule has 0 aliphatic heterocycles. The van der Waals surface area contributed by atoms with Gasteiger partial charge in [-0.1, -0.05) is 0 Å². The van der Waals surface area contributed by atoms with Gasteiger partial charge in [-0.05, 0) is 18.2 Å². The van der Waals surface area contributed by atoms with Gasteiger partial charge < -0.3 is 5.73 Å². The fraction of sp³-hybridized carbons (Fsp3) is 0.0909. The Labute approximate surface area is 118 Å². The number of nitriles is 1. The van der Waals surface area contributed by atoms with E-state index in [0.29, 0.717) is 11.3 Å². The van der Waals surface area contributed by atoms with Gasteiger partial charge in [0.1, 0.15) is 5.82 Å². The summed E-state index contributed by atoms with van der Waals surface area (Å²) in [5.74, 6) is -1.11. The Morgan fingerprint density at radius 1 is 1.50 bits per heavy atom. The van der Waals surface area contributed by atoms with E-state index in [2.05, 4.69) is 9.71 Å². The molecule has 0 unspecified atom stereocenters. The second kappa shape index (κ2) is 5.44. The zero-order valence-electron chi connectivity index (χ0n) is 10.00. The predicted octanol–water partition coefficient (Wildman–Crippen LogP) is 1.80. The number of nitrogen functional groups attached to an aromatic ring is 1. The molecule has 0 aliphatic rings. The Hall–Kier alpha value is -2.18. The minimum absolute atomic E-state index is 0.124. The number of nitrogens with one attached hydrogen (secondary N) is 1. The Kier molecular flexibility index (Phi) is 3.87. The van der Waals surface area contributed by atoms with Crippen LogP contribution in [0.3, 0.4) is 0 Å². The highest BCUT2D eigenvalue weighted by molar-refractivity contribution is 7.93. The molecule has 1 aromatic carbocycles. The molecule has 0 saturated carbocycles. The van der Waals surface area contributed by atoms with Crippen molar-refractivity contribution in [1.29, 1.82) is 5.26 Å². The third-order valence-electron chi connectivity index (χ3n) is 2.29. The number of thiazole rings is 1. The number of hydrogen-bond acceptors (Lipinski definition) is 6. The molecule has 20 heavy (non-hydrogen) atoms. The van der Waals surface area contributed by atoms with Crippen LogP contribution in [0.1, 0.15) is 0 Å². The lowest BCUT2D eigenvalue weighted by atomic mass is 10.1. The summed E-state index contributed by atoms with van der Waals surface area (Å²) in [7, 11) is -3.72. The lowest BCUT2D eigenvalue weighted by Gasteiger charge is -2.02. The van der Waals surface area contributed by atoms with Crippen LogP contribution in [0.2, 0.25) is 0 Å². The van der Waals surface area contributed by atoms with Crippen molar-refractivity contribution in [2.24, 2.45) is 0 Å². The highest BCUT2D eigenvalue weighted by Gasteiger charge is 2.14. The first-order valence-electron chi connectivity index (χ1n) is 5.29. The summed E-state index contributed by atoms with van der Waals surface area (Å²) in [4.78, 5) is 4.05. The summed E-state index contributed by atoms with van der Waals surface area (Å²) >= 11 is 1.05. The van der Waals surface area contributed by atoms with Gasteiger partial charge in [0.15, 0.2) is 10.9 Å². The molecule has 6 nitrogen and oxygen atoms in total. The van der Waals surface area contributed by atoms with Crippen LogP contribution in [0.5, 0.6) is 0 Å². The molecule has 1 heterocycles. The zero-order valence-corrected chi connectivity index (χ0v) is 11.6. The van der Waals surface area contributed by atoms with E-state index < -0.39 is 21.6 Å². The number of anilines is 2. The van der Waals surface area contributed by atoms with Crippen molar-refractivity contribution in [3.63, 3.8) is 0 Å². The summed E-state index contributed by atoms with van der Waals surface area (Å²) in [6.45, 7) is 0. The minimum Gasteiger partial charge on any atom is -0.398 e. The maximum atomic E-state index is 13.0. The highest BCUT2D eigenvalue weighted by atomic mass is 32.2. The van der Waals surface area contributed by atoms with E-state index in [1.807, 2.05) is 0 Å². The first kappa shape index (κ1) is 14.2. The molecule has 0 fully saturated rings. The smallest absolute Gasteiger partial charge is 0.247 e. The summed E-state index contributed by atoms with van der Waals surface area (Å²) < 4.78 is 38.0. The average molecular weight is 312 g/mol. The number of hydrogen-bond donors (Lipinski definition) is 2. The number of nitrogens with two attached hydrogens (primary N) is 1. The van der Waals surface area contributed by atoms with E-state index in [0.717, 1.165) is 17.4 Å². The average Bonchev–Trinajstić information content (AvgIpc) is 2.76. The fourth-order valence-electron chi connectivity index (χ4n) is 1.47. The van der Waals surface area contributed by atoms with Crippen LogP contribution in [0.25, 0.3) is 11.3 Å². The van der Waals surface area contributed by atoms with Crippen molar-refractivity contribution in [3.05, 3.63) is 29.4 Å².